The number of carbonyl (C=O) groups is 1. The number of halogens is 1. The average Bonchev–Trinajstić information content (AvgIpc) is 2.49. The Morgan fingerprint density at radius 3 is 2.45 bits per heavy atom. The van der Waals surface area contributed by atoms with Gasteiger partial charge in [-0.05, 0) is 51.9 Å². The van der Waals surface area contributed by atoms with Crippen LogP contribution in [0.3, 0.4) is 0 Å². The highest BCUT2D eigenvalue weighted by Crippen LogP contribution is 2.28. The molecule has 3 nitrogen and oxygen atoms in total. The van der Waals surface area contributed by atoms with Crippen LogP contribution in [0.4, 0.5) is 0 Å². The predicted molar refractivity (Wildman–Crippen MR) is 85.9 cm³/mol. The second-order valence-electron chi connectivity index (χ2n) is 4.37. The fourth-order valence-corrected chi connectivity index (χ4v) is 2.53. The van der Waals surface area contributed by atoms with Gasteiger partial charge < -0.3 is 9.84 Å². The molecule has 0 aromatic heterocycles. The van der Waals surface area contributed by atoms with Crippen LogP contribution in [0, 0.1) is 3.57 Å². The molecule has 0 fully saturated rings. The summed E-state index contributed by atoms with van der Waals surface area (Å²) in [7, 11) is 1.36. The van der Waals surface area contributed by atoms with Crippen LogP contribution in [0.5, 0.6) is 0 Å². The number of aliphatic hydroxyl groups is 1. The minimum absolute atomic E-state index is 0.0609. The molecule has 2 aromatic rings. The van der Waals surface area contributed by atoms with Crippen LogP contribution in [-0.2, 0) is 4.74 Å². The van der Waals surface area contributed by atoms with Gasteiger partial charge >= 0.3 is 5.97 Å². The van der Waals surface area contributed by atoms with E-state index in [0.29, 0.717) is 5.56 Å². The monoisotopic (exact) mass is 382 g/mol. The molecule has 0 saturated heterocycles. The second-order valence-corrected chi connectivity index (χ2v) is 5.61. The van der Waals surface area contributed by atoms with E-state index in [-0.39, 0.29) is 18.5 Å². The molecule has 0 aliphatic heterocycles. The summed E-state index contributed by atoms with van der Waals surface area (Å²) in [5.74, 6) is -0.619. The van der Waals surface area contributed by atoms with Crippen molar-refractivity contribution in [2.45, 2.75) is 5.92 Å². The quantitative estimate of drug-likeness (QED) is 0.653. The lowest BCUT2D eigenvalue weighted by atomic mass is 9.89. The summed E-state index contributed by atoms with van der Waals surface area (Å²) in [6, 6.07) is 15.1. The maximum atomic E-state index is 11.8. The minimum Gasteiger partial charge on any atom is -0.465 e. The van der Waals surface area contributed by atoms with E-state index in [9.17, 15) is 9.90 Å². The SMILES string of the molecule is COC(=O)c1ccccc1C(CO)c1ccc(I)cc1. The molecule has 0 radical (unpaired) electrons. The first-order chi connectivity index (χ1) is 9.67. The Kier molecular flexibility index (Phi) is 5.14. The number of hydrogen-bond donors (Lipinski definition) is 1. The van der Waals surface area contributed by atoms with Crippen LogP contribution in [0.1, 0.15) is 27.4 Å². The molecule has 0 aliphatic carbocycles. The largest absolute Gasteiger partial charge is 0.465 e. The summed E-state index contributed by atoms with van der Waals surface area (Å²) in [6.07, 6.45) is 0. The maximum Gasteiger partial charge on any atom is 0.338 e. The summed E-state index contributed by atoms with van der Waals surface area (Å²) in [5, 5.41) is 9.73. The van der Waals surface area contributed by atoms with E-state index in [2.05, 4.69) is 22.6 Å². The fourth-order valence-electron chi connectivity index (χ4n) is 2.18. The van der Waals surface area contributed by atoms with Crippen LogP contribution in [0.25, 0.3) is 0 Å². The number of rotatable bonds is 4. The molecule has 0 spiro atoms. The van der Waals surface area contributed by atoms with Gasteiger partial charge in [-0.3, -0.25) is 0 Å². The van der Waals surface area contributed by atoms with Gasteiger partial charge in [0, 0.05) is 9.49 Å². The Labute approximate surface area is 131 Å². The summed E-state index contributed by atoms with van der Waals surface area (Å²) >= 11 is 2.23. The van der Waals surface area contributed by atoms with Crippen molar-refractivity contribution >= 4 is 28.6 Å². The molecule has 0 saturated carbocycles. The molecule has 20 heavy (non-hydrogen) atoms. The van der Waals surface area contributed by atoms with E-state index < -0.39 is 0 Å². The van der Waals surface area contributed by atoms with Crippen molar-refractivity contribution in [2.24, 2.45) is 0 Å². The third kappa shape index (κ3) is 3.19. The van der Waals surface area contributed by atoms with Gasteiger partial charge in [-0.25, -0.2) is 4.79 Å². The Balaban J connectivity index is 2.47. The fraction of sp³-hybridized carbons (Fsp3) is 0.188. The van der Waals surface area contributed by atoms with E-state index in [1.54, 1.807) is 12.1 Å². The molecule has 4 heteroatoms. The van der Waals surface area contributed by atoms with Gasteiger partial charge in [0.2, 0.25) is 0 Å². The first kappa shape index (κ1) is 15.0. The van der Waals surface area contributed by atoms with Crippen LogP contribution >= 0.6 is 22.6 Å². The lowest BCUT2D eigenvalue weighted by molar-refractivity contribution is 0.0599. The second kappa shape index (κ2) is 6.85. The minimum atomic E-state index is -0.385. The number of esters is 1. The highest BCUT2D eigenvalue weighted by molar-refractivity contribution is 14.1. The highest BCUT2D eigenvalue weighted by atomic mass is 127. The van der Waals surface area contributed by atoms with E-state index in [4.69, 9.17) is 4.74 Å². The van der Waals surface area contributed by atoms with Crippen molar-refractivity contribution in [1.29, 1.82) is 0 Å². The van der Waals surface area contributed by atoms with Gasteiger partial charge in [-0.1, -0.05) is 30.3 Å². The molecule has 0 heterocycles. The summed E-state index contributed by atoms with van der Waals surface area (Å²) in [5.41, 5.74) is 2.25. The standard InChI is InChI=1S/C16H15IO3/c1-20-16(19)14-5-3-2-4-13(14)15(10-18)11-6-8-12(17)9-7-11/h2-9,15,18H,10H2,1H3. The van der Waals surface area contributed by atoms with Crippen molar-refractivity contribution in [3.63, 3.8) is 0 Å². The summed E-state index contributed by atoms with van der Waals surface area (Å²) in [4.78, 5) is 11.8. The number of benzene rings is 2. The Hall–Kier alpha value is -1.40. The van der Waals surface area contributed by atoms with Gasteiger partial charge in [0.05, 0.1) is 19.3 Å². The highest BCUT2D eigenvalue weighted by Gasteiger charge is 2.20. The number of carbonyl (C=O) groups excluding carboxylic acids is 1. The van der Waals surface area contributed by atoms with Crippen molar-refractivity contribution < 1.29 is 14.6 Å². The molecule has 0 aliphatic rings. The topological polar surface area (TPSA) is 46.5 Å². The van der Waals surface area contributed by atoms with E-state index in [1.165, 1.54) is 7.11 Å². The zero-order valence-corrected chi connectivity index (χ0v) is 13.2. The van der Waals surface area contributed by atoms with Gasteiger partial charge in [0.15, 0.2) is 0 Å². The Morgan fingerprint density at radius 2 is 1.85 bits per heavy atom. The molecular weight excluding hydrogens is 367 g/mol. The first-order valence-corrected chi connectivity index (χ1v) is 7.28. The van der Waals surface area contributed by atoms with Crippen molar-refractivity contribution in [1.82, 2.24) is 0 Å². The summed E-state index contributed by atoms with van der Waals surface area (Å²) < 4.78 is 5.93. The van der Waals surface area contributed by atoms with E-state index >= 15 is 0 Å². The molecular formula is C16H15IO3. The Morgan fingerprint density at radius 1 is 1.20 bits per heavy atom. The molecule has 1 atom stereocenters. The Bertz CT molecular complexity index is 593. The third-order valence-corrected chi connectivity index (χ3v) is 3.92. The van der Waals surface area contributed by atoms with Gasteiger partial charge in [-0.15, -0.1) is 0 Å². The van der Waals surface area contributed by atoms with Crippen molar-refractivity contribution in [3.8, 4) is 0 Å². The van der Waals surface area contributed by atoms with Crippen molar-refractivity contribution in [2.75, 3.05) is 13.7 Å². The molecule has 104 valence electrons. The lowest BCUT2D eigenvalue weighted by Crippen LogP contribution is -2.13. The molecule has 2 aromatic carbocycles. The normalized spacial score (nSPS) is 11.9. The number of ether oxygens (including phenoxy) is 1. The molecule has 0 amide bonds. The van der Waals surface area contributed by atoms with Gasteiger partial charge in [0.25, 0.3) is 0 Å². The van der Waals surface area contributed by atoms with E-state index in [1.807, 2.05) is 36.4 Å². The number of hydrogen-bond acceptors (Lipinski definition) is 3. The smallest absolute Gasteiger partial charge is 0.338 e. The average molecular weight is 382 g/mol. The van der Waals surface area contributed by atoms with Crippen LogP contribution in [-0.4, -0.2) is 24.8 Å². The van der Waals surface area contributed by atoms with Crippen LogP contribution in [0.2, 0.25) is 0 Å². The van der Waals surface area contributed by atoms with Crippen LogP contribution in [0.15, 0.2) is 48.5 Å². The van der Waals surface area contributed by atoms with Crippen LogP contribution < -0.4 is 0 Å². The molecule has 1 unspecified atom stereocenters. The molecule has 0 bridgehead atoms. The number of aliphatic hydroxyl groups excluding tert-OH is 1. The van der Waals surface area contributed by atoms with E-state index in [0.717, 1.165) is 14.7 Å². The predicted octanol–water partition coefficient (Wildman–Crippen LogP) is 3.20. The maximum absolute atomic E-state index is 11.8. The number of methoxy groups -OCH3 is 1. The first-order valence-electron chi connectivity index (χ1n) is 6.21. The zero-order valence-electron chi connectivity index (χ0n) is 11.0. The third-order valence-electron chi connectivity index (χ3n) is 3.20. The van der Waals surface area contributed by atoms with Gasteiger partial charge in [-0.2, -0.15) is 0 Å². The van der Waals surface area contributed by atoms with Gasteiger partial charge in [0.1, 0.15) is 0 Å². The molecule has 1 N–H and O–H groups in total. The molecule has 2 rings (SSSR count). The van der Waals surface area contributed by atoms with Crippen molar-refractivity contribution in [3.05, 3.63) is 68.8 Å². The summed E-state index contributed by atoms with van der Waals surface area (Å²) in [6.45, 7) is -0.0609. The lowest BCUT2D eigenvalue weighted by Gasteiger charge is -2.18. The zero-order chi connectivity index (χ0) is 14.5.